The molecule has 2 aromatic rings. The fourth-order valence-corrected chi connectivity index (χ4v) is 3.67. The number of amides is 1. The Labute approximate surface area is 173 Å². The number of carbonyl (C=O) groups excluding carboxylic acids is 2. The third-order valence-corrected chi connectivity index (χ3v) is 5.34. The van der Waals surface area contributed by atoms with Gasteiger partial charge in [0, 0.05) is 29.6 Å². The number of hydrogen-bond donors (Lipinski definition) is 2. The van der Waals surface area contributed by atoms with E-state index in [1.807, 2.05) is 13.0 Å². The number of nitriles is 1. The first-order chi connectivity index (χ1) is 13.8. The summed E-state index contributed by atoms with van der Waals surface area (Å²) in [6.07, 6.45) is 2.00. The molecule has 2 aromatic carbocycles. The molecule has 29 heavy (non-hydrogen) atoms. The van der Waals surface area contributed by atoms with Crippen molar-refractivity contribution in [1.29, 1.82) is 5.26 Å². The van der Waals surface area contributed by atoms with Crippen LogP contribution in [-0.2, 0) is 4.79 Å². The van der Waals surface area contributed by atoms with Gasteiger partial charge in [0.05, 0.1) is 22.2 Å². The number of benzene rings is 2. The van der Waals surface area contributed by atoms with Crippen LogP contribution in [-0.4, -0.2) is 17.7 Å². The topological polar surface area (TPSA) is 96.0 Å². The number of nitrogens with one attached hydrogen (secondary N) is 1. The second kappa shape index (κ2) is 8.73. The van der Waals surface area contributed by atoms with Crippen LogP contribution in [0.5, 0.6) is 0 Å². The lowest BCUT2D eigenvalue weighted by Gasteiger charge is -2.24. The summed E-state index contributed by atoms with van der Waals surface area (Å²) in [4.78, 5) is 24.1. The Kier molecular flexibility index (Phi) is 6.31. The van der Waals surface area contributed by atoms with E-state index in [1.165, 1.54) is 30.3 Å². The molecule has 0 aliphatic heterocycles. The lowest BCUT2D eigenvalue weighted by atomic mass is 9.94. The van der Waals surface area contributed by atoms with Gasteiger partial charge in [-0.1, -0.05) is 17.7 Å². The first kappa shape index (κ1) is 21.0. The van der Waals surface area contributed by atoms with Crippen LogP contribution in [0.3, 0.4) is 0 Å². The molecule has 2 atom stereocenters. The van der Waals surface area contributed by atoms with Crippen LogP contribution in [0.15, 0.2) is 36.4 Å². The monoisotopic (exact) mass is 413 g/mol. The van der Waals surface area contributed by atoms with E-state index >= 15 is 4.39 Å². The van der Waals surface area contributed by atoms with Gasteiger partial charge in [0.1, 0.15) is 5.82 Å². The molecule has 0 radical (unpaired) electrons. The van der Waals surface area contributed by atoms with Gasteiger partial charge in [-0.05, 0) is 56.0 Å². The summed E-state index contributed by atoms with van der Waals surface area (Å²) in [7, 11) is 0. The standard InChI is InChI=1S/C22H21ClFN3O2/c1-12(10-18(26)28)27-21(14-6-7-14)16-8-9-17(23)19(20(16)24)22(29)15-4-2-13(11-25)3-5-15/h2-5,8-9,12,14,21,27H,6-7,10H2,1H3,(H2,26,28)/t12-,21+/m0/s1. The predicted octanol–water partition coefficient (Wildman–Crippen LogP) is 3.89. The summed E-state index contributed by atoms with van der Waals surface area (Å²) in [5.74, 6) is -1.42. The number of nitrogens with two attached hydrogens (primary N) is 1. The maximum absolute atomic E-state index is 15.5. The van der Waals surface area contributed by atoms with E-state index in [0.717, 1.165) is 12.8 Å². The van der Waals surface area contributed by atoms with Crippen molar-refractivity contribution in [3.05, 3.63) is 69.5 Å². The number of halogens is 2. The molecule has 1 aliphatic rings. The Balaban J connectivity index is 1.95. The Hall–Kier alpha value is -2.75. The highest BCUT2D eigenvalue weighted by molar-refractivity contribution is 6.35. The van der Waals surface area contributed by atoms with Crippen molar-refractivity contribution >= 4 is 23.3 Å². The number of hydrogen-bond acceptors (Lipinski definition) is 4. The minimum atomic E-state index is -0.664. The van der Waals surface area contributed by atoms with E-state index in [0.29, 0.717) is 11.1 Å². The van der Waals surface area contributed by atoms with Gasteiger partial charge < -0.3 is 11.1 Å². The lowest BCUT2D eigenvalue weighted by molar-refractivity contribution is -0.118. The number of ketones is 1. The fourth-order valence-electron chi connectivity index (χ4n) is 3.43. The van der Waals surface area contributed by atoms with Crippen molar-refractivity contribution < 1.29 is 14.0 Å². The van der Waals surface area contributed by atoms with Crippen molar-refractivity contribution in [2.45, 2.75) is 38.3 Å². The largest absolute Gasteiger partial charge is 0.370 e. The van der Waals surface area contributed by atoms with Gasteiger partial charge in [0.25, 0.3) is 0 Å². The summed E-state index contributed by atoms with van der Waals surface area (Å²) in [6.45, 7) is 1.82. The van der Waals surface area contributed by atoms with Gasteiger partial charge in [-0.25, -0.2) is 4.39 Å². The van der Waals surface area contributed by atoms with Crippen LogP contribution >= 0.6 is 11.6 Å². The number of primary amides is 1. The molecule has 5 nitrogen and oxygen atoms in total. The van der Waals surface area contributed by atoms with Crippen molar-refractivity contribution in [1.82, 2.24) is 5.32 Å². The summed E-state index contributed by atoms with van der Waals surface area (Å²) in [6, 6.07) is 10.5. The molecule has 1 saturated carbocycles. The molecule has 1 amide bonds. The molecule has 0 aromatic heterocycles. The molecule has 0 heterocycles. The highest BCUT2D eigenvalue weighted by Gasteiger charge is 2.36. The zero-order valence-corrected chi connectivity index (χ0v) is 16.7. The average molecular weight is 414 g/mol. The van der Waals surface area contributed by atoms with Gasteiger partial charge in [0.2, 0.25) is 5.91 Å². The summed E-state index contributed by atoms with van der Waals surface area (Å²) in [5.41, 5.74) is 6.08. The lowest BCUT2D eigenvalue weighted by Crippen LogP contribution is -2.35. The van der Waals surface area contributed by atoms with E-state index in [4.69, 9.17) is 22.6 Å². The SMILES string of the molecule is C[C@@H](CC(N)=O)N[C@@H](c1ccc(Cl)c(C(=O)c2ccc(C#N)cc2)c1F)C1CC1. The van der Waals surface area contributed by atoms with Gasteiger partial charge in [-0.3, -0.25) is 9.59 Å². The average Bonchev–Trinajstić information content (AvgIpc) is 3.51. The normalized spacial score (nSPS) is 15.4. The van der Waals surface area contributed by atoms with Gasteiger partial charge >= 0.3 is 0 Å². The van der Waals surface area contributed by atoms with E-state index in [-0.39, 0.29) is 40.6 Å². The minimum Gasteiger partial charge on any atom is -0.370 e. The van der Waals surface area contributed by atoms with E-state index in [2.05, 4.69) is 5.32 Å². The van der Waals surface area contributed by atoms with Crippen molar-refractivity contribution in [2.75, 3.05) is 0 Å². The number of rotatable bonds is 8. The number of nitrogens with zero attached hydrogens (tertiary/aromatic N) is 1. The molecule has 7 heteroatoms. The van der Waals surface area contributed by atoms with Crippen LogP contribution in [0.25, 0.3) is 0 Å². The second-order valence-electron chi connectivity index (χ2n) is 7.40. The predicted molar refractivity (Wildman–Crippen MR) is 108 cm³/mol. The third kappa shape index (κ3) is 4.81. The Morgan fingerprint density at radius 2 is 1.93 bits per heavy atom. The molecule has 1 fully saturated rings. The Bertz CT molecular complexity index is 981. The molecular weight excluding hydrogens is 393 g/mol. The van der Waals surface area contributed by atoms with Crippen LogP contribution in [0.1, 0.15) is 59.3 Å². The molecular formula is C22H21ClFN3O2. The molecule has 0 saturated heterocycles. The molecule has 1 aliphatic carbocycles. The fraction of sp³-hybridized carbons (Fsp3) is 0.318. The van der Waals surface area contributed by atoms with Crippen LogP contribution in [0, 0.1) is 23.1 Å². The molecule has 150 valence electrons. The second-order valence-corrected chi connectivity index (χ2v) is 7.80. The first-order valence-electron chi connectivity index (χ1n) is 9.39. The molecule has 0 bridgehead atoms. The molecule has 3 N–H and O–H groups in total. The van der Waals surface area contributed by atoms with Crippen LogP contribution in [0.4, 0.5) is 4.39 Å². The van der Waals surface area contributed by atoms with Gasteiger partial charge in [-0.15, -0.1) is 0 Å². The Morgan fingerprint density at radius 3 is 2.48 bits per heavy atom. The van der Waals surface area contributed by atoms with Crippen molar-refractivity contribution in [3.8, 4) is 6.07 Å². The summed E-state index contributed by atoms with van der Waals surface area (Å²) >= 11 is 6.18. The molecule has 3 rings (SSSR count). The number of carbonyl (C=O) groups is 2. The highest BCUT2D eigenvalue weighted by atomic mass is 35.5. The molecule has 0 spiro atoms. The quantitative estimate of drug-likeness (QED) is 0.642. The van der Waals surface area contributed by atoms with Crippen molar-refractivity contribution in [3.63, 3.8) is 0 Å². The first-order valence-corrected chi connectivity index (χ1v) is 9.76. The smallest absolute Gasteiger partial charge is 0.218 e. The van der Waals surface area contributed by atoms with Gasteiger partial charge in [0.15, 0.2) is 5.78 Å². The van der Waals surface area contributed by atoms with Crippen molar-refractivity contribution in [2.24, 2.45) is 11.7 Å². The molecule has 0 unspecified atom stereocenters. The summed E-state index contributed by atoms with van der Waals surface area (Å²) < 4.78 is 15.5. The van der Waals surface area contributed by atoms with E-state index in [1.54, 1.807) is 6.07 Å². The van der Waals surface area contributed by atoms with Gasteiger partial charge in [-0.2, -0.15) is 5.26 Å². The van der Waals surface area contributed by atoms with E-state index in [9.17, 15) is 9.59 Å². The highest BCUT2D eigenvalue weighted by Crippen LogP contribution is 2.43. The maximum Gasteiger partial charge on any atom is 0.218 e. The van der Waals surface area contributed by atoms with Crippen LogP contribution < -0.4 is 11.1 Å². The zero-order chi connectivity index (χ0) is 21.1. The Morgan fingerprint density at radius 1 is 1.28 bits per heavy atom. The maximum atomic E-state index is 15.5. The third-order valence-electron chi connectivity index (χ3n) is 5.02. The van der Waals surface area contributed by atoms with Crippen LogP contribution in [0.2, 0.25) is 5.02 Å². The van der Waals surface area contributed by atoms with E-state index < -0.39 is 17.5 Å². The summed E-state index contributed by atoms with van der Waals surface area (Å²) in [5, 5.41) is 12.2. The zero-order valence-electron chi connectivity index (χ0n) is 15.9. The minimum absolute atomic E-state index is 0.0281.